The molecule has 3 aromatic heterocycles. The van der Waals surface area contributed by atoms with Gasteiger partial charge in [0, 0.05) is 43.9 Å². The lowest BCUT2D eigenvalue weighted by molar-refractivity contribution is 1.08. The van der Waals surface area contributed by atoms with Crippen molar-refractivity contribution >= 4 is 43.6 Å². The van der Waals surface area contributed by atoms with E-state index in [4.69, 9.17) is 15.0 Å². The van der Waals surface area contributed by atoms with Gasteiger partial charge >= 0.3 is 0 Å². The second-order valence-electron chi connectivity index (χ2n) is 18.8. The van der Waals surface area contributed by atoms with Gasteiger partial charge in [-0.1, -0.05) is 224 Å². The highest BCUT2D eigenvalue weighted by Gasteiger charge is 2.23. The third kappa shape index (κ3) is 7.46. The van der Waals surface area contributed by atoms with Crippen LogP contribution in [-0.4, -0.2) is 24.1 Å². The molecule has 0 aliphatic heterocycles. The van der Waals surface area contributed by atoms with Gasteiger partial charge in [0.1, 0.15) is 0 Å². The lowest BCUT2D eigenvalue weighted by Gasteiger charge is -2.15. The summed E-state index contributed by atoms with van der Waals surface area (Å²) in [6, 6.07) is 97.1. The molecule has 3 heterocycles. The maximum absolute atomic E-state index is 5.41. The maximum Gasteiger partial charge on any atom is 0.164 e. The minimum atomic E-state index is 0.604. The standard InChI is InChI=1S/C69H45N5/c1-4-19-46(20-5-1)51-25-14-26-52(43-51)49-39-41-50(42-40-49)67-70-68(55-29-15-27-53(44-55)47-21-6-2-7-22-47)72-69(71-67)60-34-18-37-63-65(60)59-32-11-13-36-62(59)74(63)64-38-17-33-58-57-31-10-12-35-61(57)73(66(58)64)56-30-16-28-54(45-56)48-23-8-3-9-24-48/h1-45H. The second kappa shape index (κ2) is 18.0. The molecule has 0 atom stereocenters. The highest BCUT2D eigenvalue weighted by Crippen LogP contribution is 2.43. The normalized spacial score (nSPS) is 11.5. The van der Waals surface area contributed by atoms with Gasteiger partial charge in [-0.25, -0.2) is 15.0 Å². The van der Waals surface area contributed by atoms with Gasteiger partial charge in [-0.15, -0.1) is 0 Å². The quantitative estimate of drug-likeness (QED) is 0.145. The molecule has 0 radical (unpaired) electrons. The lowest BCUT2D eigenvalue weighted by atomic mass is 9.98. The van der Waals surface area contributed by atoms with E-state index in [2.05, 4.69) is 276 Å². The van der Waals surface area contributed by atoms with Crippen molar-refractivity contribution in [3.05, 3.63) is 273 Å². The van der Waals surface area contributed by atoms with Crippen LogP contribution in [0.3, 0.4) is 0 Å². The zero-order valence-corrected chi connectivity index (χ0v) is 40.2. The van der Waals surface area contributed by atoms with Crippen LogP contribution in [0.25, 0.3) is 134 Å². The summed E-state index contributed by atoms with van der Waals surface area (Å²) in [5.74, 6) is 1.82. The van der Waals surface area contributed by atoms with E-state index in [1.165, 1.54) is 33.0 Å². The molecule has 11 aromatic carbocycles. The Bertz CT molecular complexity index is 4400. The van der Waals surface area contributed by atoms with Gasteiger partial charge in [-0.2, -0.15) is 0 Å². The number of hydrogen-bond donors (Lipinski definition) is 0. The van der Waals surface area contributed by atoms with Gasteiger partial charge in [-0.3, -0.25) is 0 Å². The molecule has 0 fully saturated rings. The lowest BCUT2D eigenvalue weighted by Crippen LogP contribution is -2.01. The number of fused-ring (bicyclic) bond motifs is 6. The first kappa shape index (κ1) is 42.9. The van der Waals surface area contributed by atoms with E-state index in [1.54, 1.807) is 0 Å². The van der Waals surface area contributed by atoms with Gasteiger partial charge in [0.25, 0.3) is 0 Å². The van der Waals surface area contributed by atoms with Crippen LogP contribution in [0.2, 0.25) is 0 Å². The molecule has 0 unspecified atom stereocenters. The fourth-order valence-electron chi connectivity index (χ4n) is 10.9. The predicted molar refractivity (Wildman–Crippen MR) is 307 cm³/mol. The molecule has 0 bridgehead atoms. The zero-order valence-electron chi connectivity index (χ0n) is 40.2. The number of aromatic nitrogens is 5. The van der Waals surface area contributed by atoms with Crippen LogP contribution in [0, 0.1) is 0 Å². The Morgan fingerprint density at radius 3 is 1.31 bits per heavy atom. The highest BCUT2D eigenvalue weighted by molar-refractivity contribution is 6.18. The topological polar surface area (TPSA) is 48.5 Å². The molecule has 14 aromatic rings. The number of hydrogen-bond acceptors (Lipinski definition) is 3. The highest BCUT2D eigenvalue weighted by atomic mass is 15.1. The van der Waals surface area contributed by atoms with Crippen LogP contribution in [0.15, 0.2) is 273 Å². The minimum Gasteiger partial charge on any atom is -0.307 e. The summed E-state index contributed by atoms with van der Waals surface area (Å²) in [7, 11) is 0. The zero-order chi connectivity index (χ0) is 49.0. The number of para-hydroxylation sites is 3. The van der Waals surface area contributed by atoms with Crippen molar-refractivity contribution in [2.75, 3.05) is 0 Å². The Morgan fingerprint density at radius 1 is 0.243 bits per heavy atom. The summed E-state index contributed by atoms with van der Waals surface area (Å²) in [6.07, 6.45) is 0. The van der Waals surface area contributed by atoms with Crippen molar-refractivity contribution in [1.29, 1.82) is 0 Å². The molecule has 0 spiro atoms. The van der Waals surface area contributed by atoms with E-state index in [-0.39, 0.29) is 0 Å². The van der Waals surface area contributed by atoms with Crippen LogP contribution in [0.1, 0.15) is 0 Å². The molecule has 5 nitrogen and oxygen atoms in total. The Labute approximate surface area is 428 Å². The predicted octanol–water partition coefficient (Wildman–Crippen LogP) is 17.7. The van der Waals surface area contributed by atoms with Crippen LogP contribution >= 0.6 is 0 Å². The maximum atomic E-state index is 5.41. The Morgan fingerprint density at radius 2 is 0.662 bits per heavy atom. The minimum absolute atomic E-state index is 0.604. The van der Waals surface area contributed by atoms with E-state index in [9.17, 15) is 0 Å². The van der Waals surface area contributed by atoms with E-state index in [1.807, 2.05) is 6.07 Å². The molecule has 0 amide bonds. The van der Waals surface area contributed by atoms with Crippen LogP contribution in [0.4, 0.5) is 0 Å². The molecule has 0 N–H and O–H groups in total. The van der Waals surface area contributed by atoms with E-state index in [0.717, 1.165) is 83.2 Å². The summed E-state index contributed by atoms with van der Waals surface area (Å²) in [6.45, 7) is 0. The van der Waals surface area contributed by atoms with Gasteiger partial charge < -0.3 is 9.13 Å². The van der Waals surface area contributed by atoms with Gasteiger partial charge in [0.05, 0.1) is 27.8 Å². The Balaban J connectivity index is 0.965. The van der Waals surface area contributed by atoms with Crippen molar-refractivity contribution in [3.8, 4) is 90.0 Å². The molecule has 14 rings (SSSR count). The van der Waals surface area contributed by atoms with Crippen LogP contribution in [0.5, 0.6) is 0 Å². The molecule has 0 aliphatic rings. The molecule has 346 valence electrons. The fourth-order valence-corrected chi connectivity index (χ4v) is 10.9. The van der Waals surface area contributed by atoms with Gasteiger partial charge in [0.2, 0.25) is 0 Å². The second-order valence-corrected chi connectivity index (χ2v) is 18.8. The van der Waals surface area contributed by atoms with Gasteiger partial charge in [0.15, 0.2) is 17.5 Å². The summed E-state index contributed by atoms with van der Waals surface area (Å²) in [5, 5.41) is 4.57. The molecule has 0 aliphatic carbocycles. The average Bonchev–Trinajstić information content (AvgIpc) is 4.01. The smallest absolute Gasteiger partial charge is 0.164 e. The summed E-state index contributed by atoms with van der Waals surface area (Å²) in [4.78, 5) is 16.1. The third-order valence-electron chi connectivity index (χ3n) is 14.4. The first-order chi connectivity index (χ1) is 36.7. The van der Waals surface area contributed by atoms with Crippen LogP contribution < -0.4 is 0 Å². The van der Waals surface area contributed by atoms with Crippen molar-refractivity contribution in [2.45, 2.75) is 0 Å². The molecule has 0 saturated heterocycles. The van der Waals surface area contributed by atoms with Crippen molar-refractivity contribution in [2.24, 2.45) is 0 Å². The van der Waals surface area contributed by atoms with Crippen molar-refractivity contribution in [3.63, 3.8) is 0 Å². The number of benzene rings is 11. The summed E-state index contributed by atoms with van der Waals surface area (Å²) in [5.41, 5.74) is 18.6. The van der Waals surface area contributed by atoms with Crippen LogP contribution in [-0.2, 0) is 0 Å². The average molecular weight is 944 g/mol. The fraction of sp³-hybridized carbons (Fsp3) is 0. The number of rotatable bonds is 9. The SMILES string of the molecule is c1ccc(-c2cccc(-c3ccc(-c4nc(-c5cccc(-c6ccccc6)c5)nc(-c5cccc6c5c5ccccc5n6-c5cccc6c7ccccc7n(-c7cccc(-c8ccccc8)c7)c56)n4)cc3)c2)cc1. The van der Waals surface area contributed by atoms with Crippen molar-refractivity contribution < 1.29 is 0 Å². The first-order valence-electron chi connectivity index (χ1n) is 25.1. The van der Waals surface area contributed by atoms with Gasteiger partial charge in [-0.05, 0) is 93.0 Å². The van der Waals surface area contributed by atoms with E-state index in [0.29, 0.717) is 17.5 Å². The summed E-state index contributed by atoms with van der Waals surface area (Å²) >= 11 is 0. The molecule has 0 saturated carbocycles. The monoisotopic (exact) mass is 943 g/mol. The molecular weight excluding hydrogens is 899 g/mol. The largest absolute Gasteiger partial charge is 0.307 e. The van der Waals surface area contributed by atoms with E-state index < -0.39 is 0 Å². The Hall–Kier alpha value is -9.97. The van der Waals surface area contributed by atoms with E-state index >= 15 is 0 Å². The number of nitrogens with zero attached hydrogens (tertiary/aromatic N) is 5. The first-order valence-corrected chi connectivity index (χ1v) is 25.1. The summed E-state index contributed by atoms with van der Waals surface area (Å²) < 4.78 is 4.88. The Kier molecular flexibility index (Phi) is 10.4. The molecule has 74 heavy (non-hydrogen) atoms. The molecule has 5 heteroatoms. The molecular formula is C69H45N5. The van der Waals surface area contributed by atoms with Crippen molar-refractivity contribution in [1.82, 2.24) is 24.1 Å². The third-order valence-corrected chi connectivity index (χ3v) is 14.4.